The second kappa shape index (κ2) is 15.6. The maximum absolute atomic E-state index is 2.66. The summed E-state index contributed by atoms with van der Waals surface area (Å²) in [5.41, 5.74) is 11.2. The van der Waals surface area contributed by atoms with Gasteiger partial charge in [0.05, 0.1) is 33.4 Å². The van der Waals surface area contributed by atoms with Gasteiger partial charge in [-0.3, -0.25) is 0 Å². The average Bonchev–Trinajstić information content (AvgIpc) is 3.88. The first-order valence-corrected chi connectivity index (χ1v) is 24.7. The van der Waals surface area contributed by atoms with Gasteiger partial charge in [0.1, 0.15) is 0 Å². The lowest BCUT2D eigenvalue weighted by Gasteiger charge is -2.34. The van der Waals surface area contributed by atoms with E-state index in [4.69, 9.17) is 0 Å². The third-order valence-electron chi connectivity index (χ3n) is 14.1. The van der Waals surface area contributed by atoms with Crippen molar-refractivity contribution in [2.45, 2.75) is 38.0 Å². The second-order valence-electron chi connectivity index (χ2n) is 17.4. The van der Waals surface area contributed by atoms with E-state index in [0.717, 1.165) is 0 Å². The predicted molar refractivity (Wildman–Crippen MR) is 270 cm³/mol. The molecule has 0 atom stereocenters. The van der Waals surface area contributed by atoms with Crippen LogP contribution in [0.2, 0.25) is 0 Å². The second-order valence-corrected chi connectivity index (χ2v) is 21.2. The number of aromatic nitrogens is 2. The van der Waals surface area contributed by atoms with Crippen LogP contribution in [0.1, 0.15) is 43.6 Å². The fourth-order valence-electron chi connectivity index (χ4n) is 11.3. The Morgan fingerprint density at radius 1 is 0.349 bits per heavy atom. The van der Waals surface area contributed by atoms with Crippen LogP contribution in [0.25, 0.3) is 66.1 Å². The van der Waals surface area contributed by atoms with Crippen LogP contribution in [-0.4, -0.2) is 17.2 Å². The molecule has 0 aliphatic heterocycles. The van der Waals surface area contributed by atoms with E-state index >= 15 is 0 Å². The number of nitrogens with zero attached hydrogens (tertiary/aromatic N) is 2. The molecule has 9 aromatic carbocycles. The van der Waals surface area contributed by atoms with Crippen LogP contribution in [0.15, 0.2) is 224 Å². The maximum atomic E-state index is 2.53. The topological polar surface area (TPSA) is 9.86 Å². The van der Waals surface area contributed by atoms with Gasteiger partial charge in [-0.05, 0) is 93.1 Å². The van der Waals surface area contributed by atoms with E-state index < -0.39 is 8.07 Å². The molecule has 1 fully saturated rings. The van der Waals surface area contributed by atoms with Gasteiger partial charge in [-0.1, -0.05) is 201 Å². The van der Waals surface area contributed by atoms with E-state index in [1.54, 1.807) is 0 Å². The molecule has 1 aliphatic rings. The molecule has 11 aromatic rings. The Balaban J connectivity index is 1.04. The van der Waals surface area contributed by atoms with Gasteiger partial charge in [-0.2, -0.15) is 0 Å². The Kier molecular flexibility index (Phi) is 9.30. The number of para-hydroxylation sites is 3. The standard InChI is InChI=1S/C60H48N2Si/c1-5-20-43(21-6-1)45-38-41-57-53(42-45)51-29-14-17-32-55(51)62(57)59-35-19-34-58-60(59)52-30-15-18-33-56(52)61(58)54-31-16-13-28-50(54)44-36-39-49(40-37-44)63(46-22-7-2-8-23-46,47-24-9-3-10-25-47)48-26-11-4-12-27-48/h2-4,7-19,22-43H,1,5-6,20-21H2. The fourth-order valence-corrected chi connectivity index (χ4v) is 16.0. The molecule has 2 nitrogen and oxygen atoms in total. The predicted octanol–water partition coefficient (Wildman–Crippen LogP) is 13.0. The Morgan fingerprint density at radius 3 is 1.51 bits per heavy atom. The van der Waals surface area contributed by atoms with Gasteiger partial charge in [0.25, 0.3) is 0 Å². The summed E-state index contributed by atoms with van der Waals surface area (Å²) in [5.74, 6) is 0.657. The molecule has 1 aliphatic carbocycles. The quantitative estimate of drug-likeness (QED) is 0.107. The number of hydrogen-bond donors (Lipinski definition) is 0. The zero-order chi connectivity index (χ0) is 41.7. The molecule has 63 heavy (non-hydrogen) atoms. The van der Waals surface area contributed by atoms with E-state index in [1.807, 2.05) is 0 Å². The van der Waals surface area contributed by atoms with Crippen LogP contribution in [-0.2, 0) is 0 Å². The largest absolute Gasteiger partial charge is 0.309 e. The van der Waals surface area contributed by atoms with Crippen LogP contribution >= 0.6 is 0 Å². The van der Waals surface area contributed by atoms with Crippen molar-refractivity contribution in [2.24, 2.45) is 0 Å². The molecule has 2 heterocycles. The first-order chi connectivity index (χ1) is 31.3. The Bertz CT molecular complexity index is 3320. The van der Waals surface area contributed by atoms with Crippen LogP contribution in [0.4, 0.5) is 0 Å². The van der Waals surface area contributed by atoms with Gasteiger partial charge in [0.15, 0.2) is 8.07 Å². The van der Waals surface area contributed by atoms with Gasteiger partial charge in [0.2, 0.25) is 0 Å². The number of rotatable bonds is 8. The lowest BCUT2D eigenvalue weighted by molar-refractivity contribution is 0.444. The van der Waals surface area contributed by atoms with Crippen LogP contribution in [0.3, 0.4) is 0 Å². The van der Waals surface area contributed by atoms with Crippen molar-refractivity contribution in [3.05, 3.63) is 230 Å². The molecule has 1 saturated carbocycles. The SMILES string of the molecule is c1ccc([Si](c2ccccc2)(c2ccccc2)c2ccc(-c3ccccc3-n3c4ccccc4c4c(-n5c6ccccc6c6cc(C7CCCCC7)ccc65)cccc43)cc2)cc1. The average molecular weight is 825 g/mol. The Morgan fingerprint density at radius 2 is 0.841 bits per heavy atom. The summed E-state index contributed by atoms with van der Waals surface area (Å²) < 4.78 is 5.03. The summed E-state index contributed by atoms with van der Waals surface area (Å²) in [5, 5.41) is 10.7. The highest BCUT2D eigenvalue weighted by Crippen LogP contribution is 2.42. The van der Waals surface area contributed by atoms with Crippen molar-refractivity contribution in [3.63, 3.8) is 0 Å². The molecule has 2 aromatic heterocycles. The fraction of sp³-hybridized carbons (Fsp3) is 0.100. The molecule has 302 valence electrons. The van der Waals surface area contributed by atoms with E-state index in [0.29, 0.717) is 5.92 Å². The summed E-state index contributed by atoms with van der Waals surface area (Å²) >= 11 is 0. The molecule has 0 amide bonds. The molecular formula is C60H48N2Si. The van der Waals surface area contributed by atoms with E-state index in [9.17, 15) is 0 Å². The minimum absolute atomic E-state index is 0.657. The van der Waals surface area contributed by atoms with E-state index in [-0.39, 0.29) is 0 Å². The Hall–Kier alpha value is -7.20. The lowest BCUT2D eigenvalue weighted by Crippen LogP contribution is -2.74. The summed E-state index contributed by atoms with van der Waals surface area (Å²) in [6.07, 6.45) is 6.64. The number of hydrogen-bond acceptors (Lipinski definition) is 0. The highest BCUT2D eigenvalue weighted by molar-refractivity contribution is 7.19. The summed E-state index contributed by atoms with van der Waals surface area (Å²) in [6.45, 7) is 0. The number of fused-ring (bicyclic) bond motifs is 6. The molecule has 0 spiro atoms. The minimum Gasteiger partial charge on any atom is -0.309 e. The third kappa shape index (κ3) is 6.06. The van der Waals surface area contributed by atoms with Gasteiger partial charge in [0, 0.05) is 27.1 Å². The van der Waals surface area contributed by atoms with Crippen LogP contribution in [0.5, 0.6) is 0 Å². The summed E-state index contributed by atoms with van der Waals surface area (Å²) in [7, 11) is -2.66. The van der Waals surface area contributed by atoms with Crippen molar-refractivity contribution in [2.75, 3.05) is 0 Å². The van der Waals surface area contributed by atoms with Gasteiger partial charge in [-0.15, -0.1) is 0 Å². The first kappa shape index (κ1) is 37.5. The lowest BCUT2D eigenvalue weighted by atomic mass is 9.84. The zero-order valence-electron chi connectivity index (χ0n) is 35.4. The molecule has 0 radical (unpaired) electrons. The molecule has 0 N–H and O–H groups in total. The van der Waals surface area contributed by atoms with Crippen molar-refractivity contribution < 1.29 is 0 Å². The summed E-state index contributed by atoms with van der Waals surface area (Å²) in [6, 6.07) is 84.3. The molecule has 3 heteroatoms. The Labute approximate surface area is 370 Å². The molecule has 12 rings (SSSR count). The van der Waals surface area contributed by atoms with E-state index in [2.05, 4.69) is 234 Å². The summed E-state index contributed by atoms with van der Waals surface area (Å²) in [4.78, 5) is 0. The van der Waals surface area contributed by atoms with Crippen molar-refractivity contribution in [3.8, 4) is 22.5 Å². The number of benzene rings is 9. The highest BCUT2D eigenvalue weighted by atomic mass is 28.3. The maximum Gasteiger partial charge on any atom is 0.179 e. The third-order valence-corrected chi connectivity index (χ3v) is 18.9. The van der Waals surface area contributed by atoms with Gasteiger partial charge < -0.3 is 9.13 Å². The van der Waals surface area contributed by atoms with Crippen LogP contribution < -0.4 is 20.7 Å². The smallest absolute Gasteiger partial charge is 0.179 e. The minimum atomic E-state index is -2.66. The molecule has 0 bridgehead atoms. The van der Waals surface area contributed by atoms with Crippen LogP contribution in [0, 0.1) is 0 Å². The first-order valence-electron chi connectivity index (χ1n) is 22.7. The van der Waals surface area contributed by atoms with E-state index in [1.165, 1.54) is 125 Å². The molecule has 0 saturated heterocycles. The van der Waals surface area contributed by atoms with Gasteiger partial charge >= 0.3 is 0 Å². The van der Waals surface area contributed by atoms with Crippen molar-refractivity contribution >= 4 is 72.4 Å². The van der Waals surface area contributed by atoms with Crippen molar-refractivity contribution in [1.82, 2.24) is 9.13 Å². The zero-order valence-corrected chi connectivity index (χ0v) is 36.4. The monoisotopic (exact) mass is 824 g/mol. The van der Waals surface area contributed by atoms with Crippen molar-refractivity contribution in [1.29, 1.82) is 0 Å². The van der Waals surface area contributed by atoms with Gasteiger partial charge in [-0.25, -0.2) is 0 Å². The molecular weight excluding hydrogens is 777 g/mol. The highest BCUT2D eigenvalue weighted by Gasteiger charge is 2.41. The molecule has 0 unspecified atom stereocenters. The normalized spacial score (nSPS) is 13.7.